The molecule has 1 aliphatic carbocycles. The average molecular weight is 296 g/mol. The van der Waals surface area contributed by atoms with Crippen molar-refractivity contribution in [2.24, 2.45) is 0 Å². The Hall–Kier alpha value is -1.43. The summed E-state index contributed by atoms with van der Waals surface area (Å²) in [6.45, 7) is 4.53. The molecule has 0 N–H and O–H groups in total. The minimum Gasteiger partial charge on any atom is -0.464 e. The Morgan fingerprint density at radius 1 is 1.45 bits per heavy atom. The van der Waals surface area contributed by atoms with Crippen molar-refractivity contribution in [3.05, 3.63) is 10.6 Å². The van der Waals surface area contributed by atoms with Gasteiger partial charge in [0.2, 0.25) is 0 Å². The second kappa shape index (κ2) is 6.35. The van der Waals surface area contributed by atoms with Gasteiger partial charge in [-0.25, -0.2) is 9.78 Å². The molecule has 20 heavy (non-hydrogen) atoms. The Morgan fingerprint density at radius 3 is 2.65 bits per heavy atom. The van der Waals surface area contributed by atoms with Crippen molar-refractivity contribution >= 4 is 28.2 Å². The topological polar surface area (TPSA) is 59.5 Å². The third-order valence-electron chi connectivity index (χ3n) is 3.30. The zero-order valence-corrected chi connectivity index (χ0v) is 13.0. The molecule has 5 nitrogen and oxygen atoms in total. The van der Waals surface area contributed by atoms with Crippen LogP contribution in [0.1, 0.15) is 59.7 Å². The van der Waals surface area contributed by atoms with Crippen molar-refractivity contribution in [1.82, 2.24) is 4.98 Å². The van der Waals surface area contributed by atoms with Crippen LogP contribution in [-0.4, -0.2) is 36.4 Å². The number of methoxy groups -OCH3 is 1. The van der Waals surface area contributed by atoms with E-state index in [1.54, 1.807) is 0 Å². The van der Waals surface area contributed by atoms with Crippen molar-refractivity contribution in [3.63, 3.8) is 0 Å². The number of ether oxygens (including phenoxy) is 1. The molecule has 110 valence electrons. The van der Waals surface area contributed by atoms with E-state index in [2.05, 4.69) is 16.8 Å². The SMILES string of the molecule is CCCCN(c1nc(C(=O)OC)c(C(C)=O)s1)C1CC1. The van der Waals surface area contributed by atoms with Crippen molar-refractivity contribution in [2.75, 3.05) is 18.6 Å². The Kier molecular flexibility index (Phi) is 4.75. The zero-order chi connectivity index (χ0) is 14.7. The van der Waals surface area contributed by atoms with Gasteiger partial charge in [0, 0.05) is 19.5 Å². The fourth-order valence-electron chi connectivity index (χ4n) is 2.05. The maximum atomic E-state index is 11.7. The van der Waals surface area contributed by atoms with Crippen LogP contribution in [-0.2, 0) is 4.74 Å². The van der Waals surface area contributed by atoms with Crippen LogP contribution >= 0.6 is 11.3 Å². The molecule has 0 unspecified atom stereocenters. The normalized spacial score (nSPS) is 14.2. The molecular weight excluding hydrogens is 276 g/mol. The van der Waals surface area contributed by atoms with Gasteiger partial charge < -0.3 is 9.64 Å². The van der Waals surface area contributed by atoms with Crippen molar-refractivity contribution in [3.8, 4) is 0 Å². The van der Waals surface area contributed by atoms with E-state index in [1.807, 2.05) is 0 Å². The number of carbonyl (C=O) groups excluding carboxylic acids is 2. The predicted molar refractivity (Wildman–Crippen MR) is 78.7 cm³/mol. The molecule has 0 amide bonds. The molecule has 0 aliphatic heterocycles. The van der Waals surface area contributed by atoms with E-state index in [0.717, 1.165) is 37.4 Å². The Morgan fingerprint density at radius 2 is 2.15 bits per heavy atom. The standard InChI is InChI=1S/C14H20N2O3S/c1-4-5-8-16(10-6-7-10)14-15-11(13(18)19-3)12(20-14)9(2)17/h10H,4-8H2,1-3H3. The Labute approximate surface area is 122 Å². The van der Waals surface area contributed by atoms with Crippen molar-refractivity contribution < 1.29 is 14.3 Å². The average Bonchev–Trinajstić information content (AvgIpc) is 3.16. The van der Waals surface area contributed by atoms with Gasteiger partial charge in [0.05, 0.1) is 7.11 Å². The van der Waals surface area contributed by atoms with Gasteiger partial charge in [-0.3, -0.25) is 4.79 Å². The van der Waals surface area contributed by atoms with Crippen LogP contribution in [0.15, 0.2) is 0 Å². The van der Waals surface area contributed by atoms with Crippen LogP contribution in [0.4, 0.5) is 5.13 Å². The van der Waals surface area contributed by atoms with Crippen LogP contribution < -0.4 is 4.90 Å². The summed E-state index contributed by atoms with van der Waals surface area (Å²) in [6, 6.07) is 0.512. The molecule has 1 aromatic rings. The monoisotopic (exact) mass is 296 g/mol. The number of Topliss-reactive ketones (excluding diaryl/α,β-unsaturated/α-hetero) is 1. The van der Waals surface area contributed by atoms with E-state index in [1.165, 1.54) is 25.4 Å². The first-order valence-electron chi connectivity index (χ1n) is 6.95. The third-order valence-corrected chi connectivity index (χ3v) is 4.49. The molecule has 2 rings (SSSR count). The van der Waals surface area contributed by atoms with Crippen LogP contribution in [0, 0.1) is 0 Å². The van der Waals surface area contributed by atoms with Gasteiger partial charge in [-0.05, 0) is 19.3 Å². The predicted octanol–water partition coefficient (Wildman–Crippen LogP) is 2.90. The van der Waals surface area contributed by atoms with Crippen molar-refractivity contribution in [2.45, 2.75) is 45.6 Å². The lowest BCUT2D eigenvalue weighted by Crippen LogP contribution is -2.26. The van der Waals surface area contributed by atoms with Crippen LogP contribution in [0.25, 0.3) is 0 Å². The lowest BCUT2D eigenvalue weighted by molar-refractivity contribution is 0.0591. The van der Waals surface area contributed by atoms with Crippen LogP contribution in [0.3, 0.4) is 0 Å². The lowest BCUT2D eigenvalue weighted by atomic mass is 10.3. The van der Waals surface area contributed by atoms with E-state index in [0.29, 0.717) is 10.9 Å². The minimum atomic E-state index is -0.538. The zero-order valence-electron chi connectivity index (χ0n) is 12.1. The summed E-state index contributed by atoms with van der Waals surface area (Å²) >= 11 is 1.30. The number of carbonyl (C=O) groups is 2. The number of unbranched alkanes of at least 4 members (excludes halogenated alkanes) is 1. The molecule has 1 heterocycles. The number of rotatable bonds is 7. The molecule has 0 spiro atoms. The number of nitrogens with zero attached hydrogens (tertiary/aromatic N) is 2. The molecular formula is C14H20N2O3S. The number of esters is 1. The minimum absolute atomic E-state index is 0.139. The van der Waals surface area contributed by atoms with E-state index in [4.69, 9.17) is 4.74 Å². The first kappa shape index (κ1) is 15.0. The molecule has 1 saturated carbocycles. The van der Waals surface area contributed by atoms with Gasteiger partial charge in [0.15, 0.2) is 16.6 Å². The highest BCUT2D eigenvalue weighted by molar-refractivity contribution is 7.17. The van der Waals surface area contributed by atoms with Gasteiger partial charge in [0.25, 0.3) is 0 Å². The second-order valence-corrected chi connectivity index (χ2v) is 5.98. The largest absolute Gasteiger partial charge is 0.464 e. The molecule has 6 heteroatoms. The molecule has 0 bridgehead atoms. The van der Waals surface area contributed by atoms with Gasteiger partial charge in [-0.2, -0.15) is 0 Å². The number of aromatic nitrogens is 1. The summed E-state index contributed by atoms with van der Waals surface area (Å²) in [4.78, 5) is 30.4. The number of thiazole rings is 1. The molecule has 1 fully saturated rings. The van der Waals surface area contributed by atoms with Crippen LogP contribution in [0.5, 0.6) is 0 Å². The first-order valence-corrected chi connectivity index (χ1v) is 7.76. The summed E-state index contributed by atoms with van der Waals surface area (Å²) < 4.78 is 4.71. The quantitative estimate of drug-likeness (QED) is 0.572. The van der Waals surface area contributed by atoms with E-state index < -0.39 is 5.97 Å². The molecule has 0 aromatic carbocycles. The number of ketones is 1. The van der Waals surface area contributed by atoms with E-state index in [9.17, 15) is 9.59 Å². The maximum Gasteiger partial charge on any atom is 0.358 e. The highest BCUT2D eigenvalue weighted by atomic mass is 32.1. The highest BCUT2D eigenvalue weighted by Crippen LogP contribution is 2.36. The van der Waals surface area contributed by atoms with E-state index in [-0.39, 0.29) is 11.5 Å². The van der Waals surface area contributed by atoms with Gasteiger partial charge in [0.1, 0.15) is 4.88 Å². The summed E-state index contributed by atoms with van der Waals surface area (Å²) in [5.41, 5.74) is 0.155. The summed E-state index contributed by atoms with van der Waals surface area (Å²) in [5, 5.41) is 0.770. The van der Waals surface area contributed by atoms with Gasteiger partial charge in [-0.15, -0.1) is 0 Å². The maximum absolute atomic E-state index is 11.7. The fourth-order valence-corrected chi connectivity index (χ4v) is 3.10. The Balaban J connectivity index is 2.30. The fraction of sp³-hybridized carbons (Fsp3) is 0.643. The molecule has 0 atom stereocenters. The van der Waals surface area contributed by atoms with E-state index >= 15 is 0 Å². The van der Waals surface area contributed by atoms with Gasteiger partial charge in [-0.1, -0.05) is 24.7 Å². The molecule has 1 aliphatic rings. The smallest absolute Gasteiger partial charge is 0.358 e. The first-order chi connectivity index (χ1) is 9.58. The molecule has 1 aromatic heterocycles. The Bertz CT molecular complexity index is 509. The number of anilines is 1. The summed E-state index contributed by atoms with van der Waals surface area (Å²) in [5.74, 6) is -0.677. The number of hydrogen-bond donors (Lipinski definition) is 0. The number of hydrogen-bond acceptors (Lipinski definition) is 6. The van der Waals surface area contributed by atoms with Crippen molar-refractivity contribution in [1.29, 1.82) is 0 Å². The van der Waals surface area contributed by atoms with Gasteiger partial charge >= 0.3 is 5.97 Å². The van der Waals surface area contributed by atoms with Crippen LogP contribution in [0.2, 0.25) is 0 Å². The lowest BCUT2D eigenvalue weighted by Gasteiger charge is -2.20. The summed E-state index contributed by atoms with van der Waals surface area (Å²) in [7, 11) is 1.31. The highest BCUT2D eigenvalue weighted by Gasteiger charge is 2.32. The third kappa shape index (κ3) is 3.17. The second-order valence-electron chi connectivity index (χ2n) is 5.00. The molecule has 0 saturated heterocycles. The summed E-state index contributed by atoms with van der Waals surface area (Å²) in [6.07, 6.45) is 4.51. The molecule has 0 radical (unpaired) electrons.